The number of carbonyl (C=O) groups is 3. The Morgan fingerprint density at radius 2 is 2.10 bits per heavy atom. The largest absolute Gasteiger partial charge is 0.481 e. The van der Waals surface area contributed by atoms with Gasteiger partial charge in [0.2, 0.25) is 5.89 Å². The molecule has 1 N–H and O–H groups in total. The molecule has 2 rings (SSSR count). The van der Waals surface area contributed by atoms with Gasteiger partial charge in [-0.25, -0.2) is 0 Å². The molecule has 0 aliphatic heterocycles. The number of carboxylic acid groups (broad SMARTS) is 1. The van der Waals surface area contributed by atoms with Gasteiger partial charge in [0.25, 0.3) is 5.88 Å². The lowest BCUT2D eigenvalue weighted by molar-refractivity contribution is -0.136. The molecule has 0 saturated carbocycles. The number of esters is 1. The van der Waals surface area contributed by atoms with E-state index in [1.54, 1.807) is 12.1 Å². The lowest BCUT2D eigenvalue weighted by Crippen LogP contribution is -2.06. The molecule has 0 bridgehead atoms. The molecule has 0 aliphatic rings. The summed E-state index contributed by atoms with van der Waals surface area (Å²) in [5.41, 5.74) is 0.715. The SMILES string of the molecule is CC(=O)Oc1coc(-c2cccc(C(=O)CC(=O)O)c2)n1. The van der Waals surface area contributed by atoms with E-state index in [0.717, 1.165) is 0 Å². The van der Waals surface area contributed by atoms with Crippen LogP contribution in [0.1, 0.15) is 23.7 Å². The lowest BCUT2D eigenvalue weighted by atomic mass is 10.1. The van der Waals surface area contributed by atoms with Crippen molar-refractivity contribution in [3.63, 3.8) is 0 Å². The Labute approximate surface area is 119 Å². The first-order valence-corrected chi connectivity index (χ1v) is 5.95. The van der Waals surface area contributed by atoms with Crippen molar-refractivity contribution in [1.82, 2.24) is 4.98 Å². The van der Waals surface area contributed by atoms with Gasteiger partial charge in [-0.3, -0.25) is 14.4 Å². The smallest absolute Gasteiger partial charge is 0.311 e. The van der Waals surface area contributed by atoms with E-state index in [4.69, 9.17) is 14.3 Å². The Kier molecular flexibility index (Phi) is 4.13. The highest BCUT2D eigenvalue weighted by Gasteiger charge is 2.14. The van der Waals surface area contributed by atoms with E-state index < -0.39 is 24.1 Å². The summed E-state index contributed by atoms with van der Waals surface area (Å²) < 4.78 is 9.91. The third-order valence-corrected chi connectivity index (χ3v) is 2.47. The van der Waals surface area contributed by atoms with Gasteiger partial charge in [-0.05, 0) is 12.1 Å². The van der Waals surface area contributed by atoms with Crippen LogP contribution in [0.3, 0.4) is 0 Å². The number of aliphatic carboxylic acids is 1. The molecule has 0 spiro atoms. The molecule has 0 saturated heterocycles. The van der Waals surface area contributed by atoms with Crippen LogP contribution in [0.15, 0.2) is 34.9 Å². The predicted octanol–water partition coefficient (Wildman–Crippen LogP) is 1.92. The van der Waals surface area contributed by atoms with Gasteiger partial charge in [0.1, 0.15) is 6.42 Å². The molecule has 0 fully saturated rings. The Bertz CT molecular complexity index is 703. The second-order valence-electron chi connectivity index (χ2n) is 4.16. The molecule has 1 aromatic heterocycles. The maximum Gasteiger partial charge on any atom is 0.311 e. The normalized spacial score (nSPS) is 10.1. The number of carboxylic acids is 1. The Hall–Kier alpha value is -2.96. The van der Waals surface area contributed by atoms with Crippen LogP contribution in [-0.4, -0.2) is 27.8 Å². The number of ketones is 1. The molecule has 1 aromatic carbocycles. The summed E-state index contributed by atoms with van der Waals surface area (Å²) in [7, 11) is 0. The van der Waals surface area contributed by atoms with Gasteiger partial charge in [-0.1, -0.05) is 12.1 Å². The predicted molar refractivity (Wildman–Crippen MR) is 69.8 cm³/mol. The van der Waals surface area contributed by atoms with Crippen molar-refractivity contribution in [3.05, 3.63) is 36.1 Å². The van der Waals surface area contributed by atoms with E-state index in [0.29, 0.717) is 5.56 Å². The highest BCUT2D eigenvalue weighted by molar-refractivity contribution is 6.05. The molecule has 7 nitrogen and oxygen atoms in total. The molecule has 2 aromatic rings. The average molecular weight is 289 g/mol. The number of Topliss-reactive ketones (excluding diaryl/α,β-unsaturated/α-hetero) is 1. The van der Waals surface area contributed by atoms with Gasteiger partial charge in [0, 0.05) is 18.1 Å². The van der Waals surface area contributed by atoms with Crippen molar-refractivity contribution in [2.45, 2.75) is 13.3 Å². The summed E-state index contributed by atoms with van der Waals surface area (Å²) >= 11 is 0. The maximum atomic E-state index is 11.7. The van der Waals surface area contributed by atoms with Crippen molar-refractivity contribution >= 4 is 17.7 Å². The van der Waals surface area contributed by atoms with Crippen LogP contribution in [0, 0.1) is 0 Å². The standard InChI is InChI=1S/C14H11NO6/c1-8(16)21-12-7-20-14(15-12)10-4-2-3-9(5-10)11(17)6-13(18)19/h2-5,7H,6H2,1H3,(H,18,19). The minimum absolute atomic E-state index is 0.0137. The van der Waals surface area contributed by atoms with Gasteiger partial charge in [0.05, 0.1) is 0 Å². The van der Waals surface area contributed by atoms with Crippen molar-refractivity contribution < 1.29 is 28.6 Å². The first-order chi connectivity index (χ1) is 9.95. The summed E-state index contributed by atoms with van der Waals surface area (Å²) in [5.74, 6) is -2.06. The Morgan fingerprint density at radius 3 is 2.76 bits per heavy atom. The summed E-state index contributed by atoms with van der Waals surface area (Å²) in [6, 6.07) is 6.19. The number of ether oxygens (including phenoxy) is 1. The van der Waals surface area contributed by atoms with E-state index in [9.17, 15) is 14.4 Å². The zero-order valence-electron chi connectivity index (χ0n) is 11.0. The number of hydrogen-bond acceptors (Lipinski definition) is 6. The summed E-state index contributed by atoms with van der Waals surface area (Å²) in [4.78, 5) is 37.0. The van der Waals surface area contributed by atoms with E-state index >= 15 is 0 Å². The van der Waals surface area contributed by atoms with Crippen molar-refractivity contribution in [2.75, 3.05) is 0 Å². The summed E-state index contributed by atoms with van der Waals surface area (Å²) in [5, 5.41) is 8.62. The highest BCUT2D eigenvalue weighted by atomic mass is 16.5. The van der Waals surface area contributed by atoms with Gasteiger partial charge < -0.3 is 14.3 Å². The molecule has 1 heterocycles. The van der Waals surface area contributed by atoms with Crippen LogP contribution >= 0.6 is 0 Å². The maximum absolute atomic E-state index is 11.7. The van der Waals surface area contributed by atoms with Crippen LogP contribution in [0.4, 0.5) is 0 Å². The minimum Gasteiger partial charge on any atom is -0.481 e. The van der Waals surface area contributed by atoms with Crippen molar-refractivity contribution in [3.8, 4) is 17.3 Å². The zero-order chi connectivity index (χ0) is 15.4. The second-order valence-corrected chi connectivity index (χ2v) is 4.16. The van der Waals surface area contributed by atoms with E-state index in [-0.39, 0.29) is 17.3 Å². The van der Waals surface area contributed by atoms with Gasteiger partial charge in [0.15, 0.2) is 12.0 Å². The topological polar surface area (TPSA) is 107 Å². The fourth-order valence-electron chi connectivity index (χ4n) is 1.65. The van der Waals surface area contributed by atoms with E-state index in [1.807, 2.05) is 0 Å². The number of rotatable bonds is 5. The number of hydrogen-bond donors (Lipinski definition) is 1. The quantitative estimate of drug-likeness (QED) is 0.509. The Morgan fingerprint density at radius 1 is 1.33 bits per heavy atom. The zero-order valence-corrected chi connectivity index (χ0v) is 11.0. The number of carbonyl (C=O) groups excluding carboxylic acids is 2. The van der Waals surface area contributed by atoms with E-state index in [1.165, 1.54) is 25.3 Å². The second kappa shape index (κ2) is 6.00. The molecule has 0 atom stereocenters. The van der Waals surface area contributed by atoms with Crippen LogP contribution in [0.5, 0.6) is 5.88 Å². The van der Waals surface area contributed by atoms with Crippen molar-refractivity contribution in [2.24, 2.45) is 0 Å². The number of benzene rings is 1. The molecule has 0 unspecified atom stereocenters. The number of oxazole rings is 1. The van der Waals surface area contributed by atoms with Gasteiger partial charge in [-0.2, -0.15) is 4.98 Å². The molecule has 21 heavy (non-hydrogen) atoms. The molecule has 7 heteroatoms. The molecular formula is C14H11NO6. The van der Waals surface area contributed by atoms with Crippen LogP contribution < -0.4 is 4.74 Å². The van der Waals surface area contributed by atoms with Gasteiger partial charge in [-0.15, -0.1) is 0 Å². The molecule has 0 aliphatic carbocycles. The Balaban J connectivity index is 2.24. The van der Waals surface area contributed by atoms with Crippen LogP contribution in [0.2, 0.25) is 0 Å². The summed E-state index contributed by atoms with van der Waals surface area (Å²) in [6.07, 6.45) is 0.580. The van der Waals surface area contributed by atoms with Crippen molar-refractivity contribution in [1.29, 1.82) is 0 Å². The third kappa shape index (κ3) is 3.75. The van der Waals surface area contributed by atoms with Gasteiger partial charge >= 0.3 is 11.9 Å². The molecule has 108 valence electrons. The average Bonchev–Trinajstić information content (AvgIpc) is 2.86. The fraction of sp³-hybridized carbons (Fsp3) is 0.143. The minimum atomic E-state index is -1.20. The first-order valence-electron chi connectivity index (χ1n) is 5.95. The third-order valence-electron chi connectivity index (χ3n) is 2.47. The number of nitrogens with zero attached hydrogens (tertiary/aromatic N) is 1. The molecule has 0 radical (unpaired) electrons. The van der Waals surface area contributed by atoms with E-state index in [2.05, 4.69) is 4.98 Å². The van der Waals surface area contributed by atoms with Crippen LogP contribution in [-0.2, 0) is 9.59 Å². The highest BCUT2D eigenvalue weighted by Crippen LogP contribution is 2.23. The summed E-state index contributed by atoms with van der Waals surface area (Å²) in [6.45, 7) is 1.24. The lowest BCUT2D eigenvalue weighted by Gasteiger charge is -2.00. The van der Waals surface area contributed by atoms with Crippen LogP contribution in [0.25, 0.3) is 11.5 Å². The fourth-order valence-corrected chi connectivity index (χ4v) is 1.65. The molecular weight excluding hydrogens is 278 g/mol. The molecule has 0 amide bonds. The number of aromatic nitrogens is 1. The monoisotopic (exact) mass is 289 g/mol. The first kappa shape index (κ1) is 14.4.